The third-order valence-electron chi connectivity index (χ3n) is 2.71. The summed E-state index contributed by atoms with van der Waals surface area (Å²) in [4.78, 5) is 5.31. The maximum absolute atomic E-state index is 12.2. The van der Waals surface area contributed by atoms with E-state index >= 15 is 0 Å². The van der Waals surface area contributed by atoms with Crippen LogP contribution in [0, 0.1) is 0 Å². The molecule has 0 spiro atoms. The van der Waals surface area contributed by atoms with Gasteiger partial charge in [0.1, 0.15) is 6.61 Å². The van der Waals surface area contributed by atoms with Gasteiger partial charge in [-0.3, -0.25) is 0 Å². The lowest BCUT2D eigenvalue weighted by Gasteiger charge is -2.04. The summed E-state index contributed by atoms with van der Waals surface area (Å²) < 4.78 is 24.3. The quantitative estimate of drug-likeness (QED) is 0.494. The van der Waals surface area contributed by atoms with Gasteiger partial charge in [-0.05, 0) is 24.6 Å². The van der Waals surface area contributed by atoms with Crippen LogP contribution in [0.15, 0.2) is 70.7 Å². The first-order valence-corrected chi connectivity index (χ1v) is 7.59. The van der Waals surface area contributed by atoms with E-state index in [2.05, 4.69) is 5.16 Å². The summed E-state index contributed by atoms with van der Waals surface area (Å²) in [5.41, 5.74) is 0.932. The molecule has 0 saturated carbocycles. The zero-order valence-electron chi connectivity index (χ0n) is 11.1. The molecule has 0 amide bonds. The number of hydrogen-bond acceptors (Lipinski definition) is 4. The summed E-state index contributed by atoms with van der Waals surface area (Å²) in [6.07, 6.45) is 0. The fourth-order valence-electron chi connectivity index (χ4n) is 1.59. The van der Waals surface area contributed by atoms with E-state index in [1.165, 1.54) is 19.1 Å². The van der Waals surface area contributed by atoms with Crippen LogP contribution in [-0.2, 0) is 21.3 Å². The molecule has 20 heavy (non-hydrogen) atoms. The van der Waals surface area contributed by atoms with Gasteiger partial charge in [0.15, 0.2) is 5.04 Å². The molecule has 0 aliphatic carbocycles. The zero-order chi connectivity index (χ0) is 14.4. The summed E-state index contributed by atoms with van der Waals surface area (Å²) >= 11 is 0. The Hall–Kier alpha value is -2.14. The molecule has 2 rings (SSSR count). The van der Waals surface area contributed by atoms with Gasteiger partial charge >= 0.3 is 0 Å². The second-order valence-corrected chi connectivity index (χ2v) is 6.25. The van der Waals surface area contributed by atoms with Gasteiger partial charge in [-0.1, -0.05) is 53.7 Å². The van der Waals surface area contributed by atoms with Crippen molar-refractivity contribution in [3.63, 3.8) is 0 Å². The molecule has 4 nitrogen and oxygen atoms in total. The molecule has 0 aromatic heterocycles. The second-order valence-electron chi connectivity index (χ2n) is 4.19. The van der Waals surface area contributed by atoms with Gasteiger partial charge in [0, 0.05) is 0 Å². The van der Waals surface area contributed by atoms with Crippen molar-refractivity contribution in [3.8, 4) is 0 Å². The van der Waals surface area contributed by atoms with E-state index in [4.69, 9.17) is 4.84 Å². The SMILES string of the molecule is C/C(=N\OCc1ccccc1)S(=O)(=O)c1ccccc1. The van der Waals surface area contributed by atoms with E-state index in [1.54, 1.807) is 18.2 Å². The number of benzene rings is 2. The molecule has 2 aromatic rings. The average Bonchev–Trinajstić information content (AvgIpc) is 2.49. The van der Waals surface area contributed by atoms with E-state index in [-0.39, 0.29) is 16.5 Å². The van der Waals surface area contributed by atoms with Gasteiger partial charge < -0.3 is 4.84 Å². The summed E-state index contributed by atoms with van der Waals surface area (Å²) in [5, 5.41) is 3.64. The van der Waals surface area contributed by atoms with Gasteiger partial charge in [-0.25, -0.2) is 8.42 Å². The third-order valence-corrected chi connectivity index (χ3v) is 4.45. The molecule has 0 aliphatic rings. The van der Waals surface area contributed by atoms with E-state index < -0.39 is 9.84 Å². The molecule has 0 N–H and O–H groups in total. The minimum atomic E-state index is -3.57. The molecule has 104 valence electrons. The Labute approximate surface area is 118 Å². The van der Waals surface area contributed by atoms with Crippen molar-refractivity contribution in [2.75, 3.05) is 0 Å². The van der Waals surface area contributed by atoms with Gasteiger partial charge in [0.25, 0.3) is 0 Å². The minimum absolute atomic E-state index is 0.0559. The number of nitrogens with zero attached hydrogens (tertiary/aromatic N) is 1. The van der Waals surface area contributed by atoms with Crippen LogP contribution in [0.1, 0.15) is 12.5 Å². The third kappa shape index (κ3) is 3.45. The van der Waals surface area contributed by atoms with Crippen molar-refractivity contribution in [1.29, 1.82) is 0 Å². The molecule has 0 heterocycles. The highest BCUT2D eigenvalue weighted by molar-refractivity contribution is 8.06. The van der Waals surface area contributed by atoms with Crippen molar-refractivity contribution < 1.29 is 13.3 Å². The van der Waals surface area contributed by atoms with E-state index in [9.17, 15) is 8.42 Å². The van der Waals surface area contributed by atoms with Crippen LogP contribution in [0.3, 0.4) is 0 Å². The summed E-state index contributed by atoms with van der Waals surface area (Å²) in [5.74, 6) is 0. The Morgan fingerprint density at radius 1 is 1.00 bits per heavy atom. The highest BCUT2D eigenvalue weighted by Crippen LogP contribution is 2.12. The number of oxime groups is 1. The Bertz CT molecular complexity index is 680. The van der Waals surface area contributed by atoms with E-state index in [0.29, 0.717) is 0 Å². The van der Waals surface area contributed by atoms with E-state index in [1.807, 2.05) is 30.3 Å². The number of rotatable bonds is 4. The first-order chi connectivity index (χ1) is 9.60. The van der Waals surface area contributed by atoms with Crippen LogP contribution < -0.4 is 0 Å². The topological polar surface area (TPSA) is 55.7 Å². The number of sulfone groups is 1. The van der Waals surface area contributed by atoms with Crippen LogP contribution in [0.4, 0.5) is 0 Å². The highest BCUT2D eigenvalue weighted by atomic mass is 32.2. The highest BCUT2D eigenvalue weighted by Gasteiger charge is 2.18. The Morgan fingerprint density at radius 2 is 1.55 bits per heavy atom. The summed E-state index contributed by atoms with van der Waals surface area (Å²) in [7, 11) is -3.57. The first-order valence-electron chi connectivity index (χ1n) is 6.11. The predicted octanol–water partition coefficient (Wildman–Crippen LogP) is 3.01. The smallest absolute Gasteiger partial charge is 0.222 e. The van der Waals surface area contributed by atoms with E-state index in [0.717, 1.165) is 5.56 Å². The molecule has 5 heteroatoms. The molecule has 0 saturated heterocycles. The lowest BCUT2D eigenvalue weighted by molar-refractivity contribution is 0.131. The predicted molar refractivity (Wildman–Crippen MR) is 78.0 cm³/mol. The van der Waals surface area contributed by atoms with Gasteiger partial charge in [-0.2, -0.15) is 0 Å². The monoisotopic (exact) mass is 289 g/mol. The van der Waals surface area contributed by atoms with Crippen molar-refractivity contribution in [2.45, 2.75) is 18.4 Å². The first kappa shape index (κ1) is 14.3. The lowest BCUT2D eigenvalue weighted by Crippen LogP contribution is -2.12. The molecular weight excluding hydrogens is 274 g/mol. The van der Waals surface area contributed by atoms with Crippen molar-refractivity contribution >= 4 is 14.9 Å². The molecular formula is C15H15NO3S. The van der Waals surface area contributed by atoms with Crippen LogP contribution in [0.5, 0.6) is 0 Å². The van der Waals surface area contributed by atoms with Gasteiger partial charge in [-0.15, -0.1) is 0 Å². The molecule has 0 atom stereocenters. The Morgan fingerprint density at radius 3 is 2.15 bits per heavy atom. The Balaban J connectivity index is 2.07. The molecule has 0 bridgehead atoms. The van der Waals surface area contributed by atoms with Crippen LogP contribution >= 0.6 is 0 Å². The molecule has 0 aliphatic heterocycles. The van der Waals surface area contributed by atoms with Crippen LogP contribution in [0.25, 0.3) is 0 Å². The average molecular weight is 289 g/mol. The maximum Gasteiger partial charge on any atom is 0.222 e. The lowest BCUT2D eigenvalue weighted by atomic mass is 10.2. The Kier molecular flexibility index (Phi) is 4.53. The van der Waals surface area contributed by atoms with Crippen molar-refractivity contribution in [3.05, 3.63) is 66.2 Å². The van der Waals surface area contributed by atoms with Gasteiger partial charge in [0.05, 0.1) is 4.90 Å². The normalized spacial score (nSPS) is 12.2. The van der Waals surface area contributed by atoms with Crippen LogP contribution in [-0.4, -0.2) is 13.5 Å². The fraction of sp³-hybridized carbons (Fsp3) is 0.133. The molecule has 0 fully saturated rings. The molecule has 0 unspecified atom stereocenters. The summed E-state index contributed by atoms with van der Waals surface area (Å²) in [6, 6.07) is 17.6. The standard InChI is InChI=1S/C15H15NO3S/c1-13(16-19-12-14-8-4-2-5-9-14)20(17,18)15-10-6-3-7-11-15/h2-11H,12H2,1H3/b16-13+. The number of hydrogen-bond donors (Lipinski definition) is 0. The maximum atomic E-state index is 12.2. The summed E-state index contributed by atoms with van der Waals surface area (Å²) in [6.45, 7) is 1.66. The van der Waals surface area contributed by atoms with Gasteiger partial charge in [0.2, 0.25) is 9.84 Å². The largest absolute Gasteiger partial charge is 0.390 e. The van der Waals surface area contributed by atoms with Crippen molar-refractivity contribution in [1.82, 2.24) is 0 Å². The zero-order valence-corrected chi connectivity index (χ0v) is 11.9. The molecule has 2 aromatic carbocycles. The molecule has 0 radical (unpaired) electrons. The second kappa shape index (κ2) is 6.34. The van der Waals surface area contributed by atoms with Crippen molar-refractivity contribution in [2.24, 2.45) is 5.16 Å². The minimum Gasteiger partial charge on any atom is -0.390 e. The van der Waals surface area contributed by atoms with Crippen LogP contribution in [0.2, 0.25) is 0 Å². The fourth-order valence-corrected chi connectivity index (χ4v) is 2.60.